The van der Waals surface area contributed by atoms with Crippen LogP contribution in [0.25, 0.3) is 0 Å². The van der Waals surface area contributed by atoms with E-state index in [0.717, 1.165) is 17.0 Å². The quantitative estimate of drug-likeness (QED) is 0.235. The fourth-order valence-electron chi connectivity index (χ4n) is 6.05. The number of carboxylic acids is 1. The van der Waals surface area contributed by atoms with Crippen LogP contribution in [-0.2, 0) is 34.6 Å². The standard InChI is InChI=1S/C32H31F9N2O4/c1-3-42(16-20-6-4-19(5-7-20)8-11-27(44)45)26-10-9-23(30(33,34)35)14-22(26)17-43-18(2)28(47-29(43)46)21-12-24(31(36,37)38)15-25(13-21)32(39,40)41/h9-10,12-15,18-20,28H,3-7,16-17H2,1-2H3,(H,44,45)/t18-,19?,20?,28-/m0/s1. The van der Waals surface area contributed by atoms with Crippen LogP contribution >= 0.6 is 0 Å². The molecule has 256 valence electrons. The van der Waals surface area contributed by atoms with Gasteiger partial charge in [0.05, 0.1) is 29.3 Å². The first kappa shape index (κ1) is 35.8. The van der Waals surface area contributed by atoms with Gasteiger partial charge in [-0.2, -0.15) is 39.5 Å². The second-order valence-corrected chi connectivity index (χ2v) is 11.7. The summed E-state index contributed by atoms with van der Waals surface area (Å²) in [5.41, 5.74) is -4.31. The van der Waals surface area contributed by atoms with Gasteiger partial charge in [0.25, 0.3) is 0 Å². The zero-order chi connectivity index (χ0) is 34.9. The summed E-state index contributed by atoms with van der Waals surface area (Å²) in [6.45, 7) is 3.46. The van der Waals surface area contributed by atoms with Crippen LogP contribution in [0.2, 0.25) is 0 Å². The molecule has 0 bridgehead atoms. The fourth-order valence-corrected chi connectivity index (χ4v) is 6.05. The Labute approximate surface area is 264 Å². The van der Waals surface area contributed by atoms with Crippen LogP contribution in [0.15, 0.2) is 36.4 Å². The lowest BCUT2D eigenvalue weighted by Crippen LogP contribution is -2.35. The van der Waals surface area contributed by atoms with E-state index in [1.807, 2.05) is 4.90 Å². The molecule has 2 aromatic rings. The molecule has 1 aliphatic heterocycles. The molecule has 1 saturated heterocycles. The molecular formula is C32H31F9N2O4. The average molecular weight is 679 g/mol. The number of aliphatic carboxylic acids is 1. The number of carbonyl (C=O) groups excluding carboxylic acids is 1. The number of anilines is 1. The molecule has 0 aromatic heterocycles. The van der Waals surface area contributed by atoms with Crippen molar-refractivity contribution < 1.29 is 58.9 Å². The molecule has 1 saturated carbocycles. The normalized spacial score (nSPS) is 22.0. The number of hydrogen-bond donors (Lipinski definition) is 1. The van der Waals surface area contributed by atoms with Gasteiger partial charge < -0.3 is 14.7 Å². The summed E-state index contributed by atoms with van der Waals surface area (Å²) in [4.78, 5) is 26.6. The minimum Gasteiger partial charge on any atom is -0.472 e. The monoisotopic (exact) mass is 678 g/mol. The Morgan fingerprint density at radius 2 is 1.49 bits per heavy atom. The van der Waals surface area contributed by atoms with Gasteiger partial charge in [-0.25, -0.2) is 9.59 Å². The second kappa shape index (κ2) is 13.6. The number of hydrogen-bond acceptors (Lipinski definition) is 4. The number of benzene rings is 2. The van der Waals surface area contributed by atoms with Gasteiger partial charge in [0.1, 0.15) is 6.10 Å². The van der Waals surface area contributed by atoms with Gasteiger partial charge in [-0.1, -0.05) is 5.92 Å². The van der Waals surface area contributed by atoms with Crippen molar-refractivity contribution in [2.75, 3.05) is 18.0 Å². The highest BCUT2D eigenvalue weighted by Gasteiger charge is 2.44. The third-order valence-electron chi connectivity index (χ3n) is 8.51. The van der Waals surface area contributed by atoms with E-state index in [-0.39, 0.29) is 23.5 Å². The molecule has 1 aliphatic carbocycles. The lowest BCUT2D eigenvalue weighted by atomic mass is 9.82. The number of carboxylic acid groups (broad SMARTS) is 1. The van der Waals surface area contributed by atoms with Gasteiger partial charge in [0.15, 0.2) is 0 Å². The lowest BCUT2D eigenvalue weighted by molar-refractivity contribution is -0.143. The fraction of sp³-hybridized carbons (Fsp3) is 0.500. The van der Waals surface area contributed by atoms with Crippen LogP contribution in [0.1, 0.15) is 73.5 Å². The van der Waals surface area contributed by atoms with Gasteiger partial charge in [0, 0.05) is 30.6 Å². The summed E-state index contributed by atoms with van der Waals surface area (Å²) < 4.78 is 127. The van der Waals surface area contributed by atoms with Crippen molar-refractivity contribution in [2.45, 2.75) is 76.8 Å². The number of rotatable bonds is 7. The largest absolute Gasteiger partial charge is 0.472 e. The molecule has 4 rings (SSSR count). The van der Waals surface area contributed by atoms with Crippen LogP contribution < -0.4 is 4.90 Å². The molecule has 1 amide bonds. The molecule has 2 aliphatic rings. The molecule has 0 radical (unpaired) electrons. The van der Waals surface area contributed by atoms with E-state index in [0.29, 0.717) is 56.6 Å². The van der Waals surface area contributed by atoms with Crippen molar-refractivity contribution in [1.29, 1.82) is 0 Å². The molecule has 1 N–H and O–H groups in total. The number of ether oxygens (including phenoxy) is 1. The van der Waals surface area contributed by atoms with E-state index in [2.05, 4.69) is 11.8 Å². The van der Waals surface area contributed by atoms with E-state index in [1.54, 1.807) is 6.92 Å². The Balaban J connectivity index is 1.62. The Morgan fingerprint density at radius 3 is 2.00 bits per heavy atom. The number of amides is 1. The first-order valence-electron chi connectivity index (χ1n) is 14.7. The van der Waals surface area contributed by atoms with Gasteiger partial charge in [-0.3, -0.25) is 4.90 Å². The molecule has 2 fully saturated rings. The second-order valence-electron chi connectivity index (χ2n) is 11.7. The predicted molar refractivity (Wildman–Crippen MR) is 151 cm³/mol. The van der Waals surface area contributed by atoms with Crippen LogP contribution in [0.4, 0.5) is 50.0 Å². The third-order valence-corrected chi connectivity index (χ3v) is 8.51. The molecule has 1 heterocycles. The molecule has 6 nitrogen and oxygen atoms in total. The first-order chi connectivity index (χ1) is 21.8. The van der Waals surface area contributed by atoms with E-state index < -0.39 is 71.5 Å². The van der Waals surface area contributed by atoms with E-state index in [1.165, 1.54) is 13.0 Å². The maximum Gasteiger partial charge on any atom is 0.416 e. The van der Waals surface area contributed by atoms with E-state index in [9.17, 15) is 49.1 Å². The highest BCUT2D eigenvalue weighted by molar-refractivity contribution is 5.86. The van der Waals surface area contributed by atoms with Gasteiger partial charge in [0.2, 0.25) is 0 Å². The maximum atomic E-state index is 13.8. The van der Waals surface area contributed by atoms with E-state index >= 15 is 0 Å². The molecule has 0 spiro atoms. The van der Waals surface area contributed by atoms with Crippen molar-refractivity contribution in [3.05, 3.63) is 64.2 Å². The van der Waals surface area contributed by atoms with Crippen molar-refractivity contribution in [2.24, 2.45) is 11.8 Å². The number of nitrogens with zero attached hydrogens (tertiary/aromatic N) is 2. The highest BCUT2D eigenvalue weighted by Crippen LogP contribution is 2.42. The van der Waals surface area contributed by atoms with Crippen molar-refractivity contribution in [3.8, 4) is 11.8 Å². The topological polar surface area (TPSA) is 70.1 Å². The molecule has 2 atom stereocenters. The molecule has 2 aromatic carbocycles. The number of alkyl halides is 9. The van der Waals surface area contributed by atoms with Gasteiger partial charge >= 0.3 is 30.6 Å². The Bertz CT molecular complexity index is 1500. The zero-order valence-electron chi connectivity index (χ0n) is 25.2. The average Bonchev–Trinajstić information content (AvgIpc) is 3.26. The van der Waals surface area contributed by atoms with Gasteiger partial charge in [-0.15, -0.1) is 0 Å². The third kappa shape index (κ3) is 8.64. The lowest BCUT2D eigenvalue weighted by Gasteiger charge is -2.34. The predicted octanol–water partition coefficient (Wildman–Crippen LogP) is 8.55. The number of cyclic esters (lactones) is 1. The number of halogens is 9. The first-order valence-corrected chi connectivity index (χ1v) is 14.7. The highest BCUT2D eigenvalue weighted by atomic mass is 19.4. The SMILES string of the molecule is CCN(CC1CCC(C#CC(=O)O)CC1)c1ccc(C(F)(F)F)cc1CN1C(=O)O[C@H](c2cc(C(F)(F)F)cc(C(F)(F)F)c2)[C@@H]1C. The van der Waals surface area contributed by atoms with Crippen molar-refractivity contribution in [1.82, 2.24) is 4.90 Å². The molecule has 47 heavy (non-hydrogen) atoms. The zero-order valence-corrected chi connectivity index (χ0v) is 25.2. The molecule has 0 unspecified atom stereocenters. The Morgan fingerprint density at radius 1 is 0.915 bits per heavy atom. The Kier molecular flexibility index (Phi) is 10.3. The van der Waals surface area contributed by atoms with Crippen LogP contribution in [0.5, 0.6) is 0 Å². The van der Waals surface area contributed by atoms with Crippen LogP contribution in [0.3, 0.4) is 0 Å². The van der Waals surface area contributed by atoms with Crippen molar-refractivity contribution >= 4 is 17.7 Å². The minimum atomic E-state index is -5.14. The maximum absolute atomic E-state index is 13.8. The van der Waals surface area contributed by atoms with Gasteiger partial charge in [-0.05, 0) is 93.0 Å². The Hall–Kier alpha value is -4.09. The summed E-state index contributed by atoms with van der Waals surface area (Å²) >= 11 is 0. The summed E-state index contributed by atoms with van der Waals surface area (Å²) in [5, 5.41) is 8.79. The summed E-state index contributed by atoms with van der Waals surface area (Å²) in [7, 11) is 0. The van der Waals surface area contributed by atoms with Crippen molar-refractivity contribution in [3.63, 3.8) is 0 Å². The smallest absolute Gasteiger partial charge is 0.416 e. The summed E-state index contributed by atoms with van der Waals surface area (Å²) in [5.74, 6) is 3.66. The van der Waals surface area contributed by atoms with E-state index in [4.69, 9.17) is 9.84 Å². The number of carbonyl (C=O) groups is 2. The summed E-state index contributed by atoms with van der Waals surface area (Å²) in [6, 6.07) is 2.77. The van der Waals surface area contributed by atoms with Crippen LogP contribution in [0, 0.1) is 23.7 Å². The molecular weight excluding hydrogens is 647 g/mol. The summed E-state index contributed by atoms with van der Waals surface area (Å²) in [6.07, 6.45) is -15.0. The molecule has 15 heteroatoms. The van der Waals surface area contributed by atoms with Crippen LogP contribution in [-0.4, -0.2) is 41.2 Å². The minimum absolute atomic E-state index is 0.0487.